The lowest BCUT2D eigenvalue weighted by Crippen LogP contribution is -2.39. The Hall–Kier alpha value is -2.11. The molecule has 21 heavy (non-hydrogen) atoms. The number of carbonyl (C=O) groups excluding carboxylic acids is 1. The minimum atomic E-state index is -0.562. The van der Waals surface area contributed by atoms with Crippen molar-refractivity contribution in [2.75, 3.05) is 7.11 Å². The van der Waals surface area contributed by atoms with Crippen LogP contribution in [0.25, 0.3) is 5.65 Å². The topological polar surface area (TPSA) is 68.5 Å². The van der Waals surface area contributed by atoms with E-state index in [-0.39, 0.29) is 11.9 Å². The number of aromatic nitrogens is 3. The molecular formula is C15H20N4O2. The van der Waals surface area contributed by atoms with Gasteiger partial charge in [0.25, 0.3) is 0 Å². The quantitative estimate of drug-likeness (QED) is 0.928. The number of aryl methyl sites for hydroxylation is 1. The summed E-state index contributed by atoms with van der Waals surface area (Å²) in [6.45, 7) is 5.87. The van der Waals surface area contributed by atoms with E-state index in [1.807, 2.05) is 32.9 Å². The van der Waals surface area contributed by atoms with Crippen LogP contribution in [0, 0.1) is 6.92 Å². The monoisotopic (exact) mass is 288 g/mol. The molecule has 0 bridgehead atoms. The molecule has 112 valence electrons. The molecule has 1 aliphatic carbocycles. The second-order valence-corrected chi connectivity index (χ2v) is 5.92. The van der Waals surface area contributed by atoms with Gasteiger partial charge in [-0.3, -0.25) is 4.79 Å². The van der Waals surface area contributed by atoms with Gasteiger partial charge in [0.15, 0.2) is 17.2 Å². The summed E-state index contributed by atoms with van der Waals surface area (Å²) in [5.74, 6) is 1.28. The van der Waals surface area contributed by atoms with Crippen molar-refractivity contribution in [3.8, 4) is 5.75 Å². The molecule has 2 aromatic rings. The third-order valence-electron chi connectivity index (χ3n) is 3.89. The molecule has 2 heterocycles. The van der Waals surface area contributed by atoms with Gasteiger partial charge in [-0.05, 0) is 45.7 Å². The van der Waals surface area contributed by atoms with Gasteiger partial charge in [-0.15, -0.1) is 5.10 Å². The molecule has 6 heteroatoms. The van der Waals surface area contributed by atoms with Gasteiger partial charge in [-0.25, -0.2) is 9.50 Å². The highest BCUT2D eigenvalue weighted by Gasteiger charge is 2.55. The van der Waals surface area contributed by atoms with Crippen LogP contribution < -0.4 is 10.1 Å². The van der Waals surface area contributed by atoms with Gasteiger partial charge in [0.2, 0.25) is 5.91 Å². The molecule has 1 saturated carbocycles. The molecule has 1 amide bonds. The number of amides is 1. The van der Waals surface area contributed by atoms with Gasteiger partial charge in [-0.1, -0.05) is 0 Å². The zero-order valence-corrected chi connectivity index (χ0v) is 12.8. The number of hydrogen-bond acceptors (Lipinski definition) is 4. The molecule has 6 nitrogen and oxygen atoms in total. The first-order valence-electron chi connectivity index (χ1n) is 7.20. The summed E-state index contributed by atoms with van der Waals surface area (Å²) >= 11 is 0. The van der Waals surface area contributed by atoms with Gasteiger partial charge in [-0.2, -0.15) is 0 Å². The first-order valence-corrected chi connectivity index (χ1v) is 7.20. The van der Waals surface area contributed by atoms with Crippen LogP contribution in [0.5, 0.6) is 5.75 Å². The van der Waals surface area contributed by atoms with Crippen molar-refractivity contribution in [3.05, 3.63) is 23.7 Å². The number of pyridine rings is 1. The predicted molar refractivity (Wildman–Crippen MR) is 78.5 cm³/mol. The molecule has 3 rings (SSSR count). The van der Waals surface area contributed by atoms with Crippen LogP contribution in [0.4, 0.5) is 0 Å². The van der Waals surface area contributed by atoms with Gasteiger partial charge in [0.05, 0.1) is 7.11 Å². The molecule has 1 N–H and O–H groups in total. The van der Waals surface area contributed by atoms with E-state index in [4.69, 9.17) is 4.74 Å². The fourth-order valence-electron chi connectivity index (χ4n) is 2.50. The van der Waals surface area contributed by atoms with E-state index in [0.29, 0.717) is 17.2 Å². The van der Waals surface area contributed by atoms with E-state index in [9.17, 15) is 4.79 Å². The lowest BCUT2D eigenvalue weighted by molar-refractivity contribution is -0.124. The molecule has 0 unspecified atom stereocenters. The van der Waals surface area contributed by atoms with Gasteiger partial charge < -0.3 is 10.1 Å². The predicted octanol–water partition coefficient (Wildman–Crippen LogP) is 1.60. The largest absolute Gasteiger partial charge is 0.493 e. The first-order chi connectivity index (χ1) is 9.98. The number of rotatable bonds is 4. The van der Waals surface area contributed by atoms with Crippen LogP contribution in [0.3, 0.4) is 0 Å². The Balaban J connectivity index is 2.06. The van der Waals surface area contributed by atoms with Gasteiger partial charge in [0, 0.05) is 11.7 Å². The van der Waals surface area contributed by atoms with Crippen molar-refractivity contribution in [2.45, 2.75) is 45.1 Å². The highest BCUT2D eigenvalue weighted by Crippen LogP contribution is 2.47. The van der Waals surface area contributed by atoms with Crippen LogP contribution in [0.2, 0.25) is 0 Å². The highest BCUT2D eigenvalue weighted by molar-refractivity contribution is 5.90. The van der Waals surface area contributed by atoms with E-state index in [2.05, 4.69) is 15.4 Å². The van der Waals surface area contributed by atoms with Crippen molar-refractivity contribution >= 4 is 11.6 Å². The average Bonchev–Trinajstić information content (AvgIpc) is 3.12. The van der Waals surface area contributed by atoms with E-state index in [0.717, 1.165) is 18.5 Å². The number of methoxy groups -OCH3 is 1. The Morgan fingerprint density at radius 2 is 2.14 bits per heavy atom. The maximum Gasteiger partial charge on any atom is 0.234 e. The smallest absolute Gasteiger partial charge is 0.234 e. The number of nitrogens with one attached hydrogen (secondary N) is 1. The van der Waals surface area contributed by atoms with Crippen molar-refractivity contribution in [1.29, 1.82) is 0 Å². The van der Waals surface area contributed by atoms with E-state index >= 15 is 0 Å². The first kappa shape index (κ1) is 13.9. The highest BCUT2D eigenvalue weighted by atomic mass is 16.5. The number of ether oxygens (including phenoxy) is 1. The fourth-order valence-corrected chi connectivity index (χ4v) is 2.50. The zero-order valence-electron chi connectivity index (χ0n) is 12.8. The Morgan fingerprint density at radius 3 is 2.71 bits per heavy atom. The molecular weight excluding hydrogens is 268 g/mol. The van der Waals surface area contributed by atoms with Crippen LogP contribution in [0.15, 0.2) is 12.1 Å². The summed E-state index contributed by atoms with van der Waals surface area (Å²) in [4.78, 5) is 17.0. The van der Waals surface area contributed by atoms with Crippen molar-refractivity contribution in [3.63, 3.8) is 0 Å². The van der Waals surface area contributed by atoms with Crippen molar-refractivity contribution < 1.29 is 9.53 Å². The van der Waals surface area contributed by atoms with Crippen molar-refractivity contribution in [1.82, 2.24) is 19.9 Å². The SMILES string of the molecule is COc1ccc(C)n2nc(C3(C(=O)NC(C)C)CC3)nc12. The fraction of sp³-hybridized carbons (Fsp3) is 0.533. The minimum Gasteiger partial charge on any atom is -0.493 e. The molecule has 1 fully saturated rings. The second-order valence-electron chi connectivity index (χ2n) is 5.92. The zero-order chi connectivity index (χ0) is 15.2. The number of carbonyl (C=O) groups is 1. The summed E-state index contributed by atoms with van der Waals surface area (Å²) in [6, 6.07) is 3.91. The Bertz CT molecular complexity index is 701. The summed E-state index contributed by atoms with van der Waals surface area (Å²) in [5, 5.41) is 7.52. The van der Waals surface area contributed by atoms with Gasteiger partial charge in [0.1, 0.15) is 5.41 Å². The lowest BCUT2D eigenvalue weighted by atomic mass is 10.1. The van der Waals surface area contributed by atoms with E-state index < -0.39 is 5.41 Å². The molecule has 0 radical (unpaired) electrons. The molecule has 0 aliphatic heterocycles. The molecule has 0 atom stereocenters. The second kappa shape index (κ2) is 4.72. The molecule has 2 aromatic heterocycles. The molecule has 0 saturated heterocycles. The number of fused-ring (bicyclic) bond motifs is 1. The average molecular weight is 288 g/mol. The van der Waals surface area contributed by atoms with Crippen molar-refractivity contribution in [2.24, 2.45) is 0 Å². The van der Waals surface area contributed by atoms with Crippen LogP contribution in [-0.4, -0.2) is 33.7 Å². The minimum absolute atomic E-state index is 0.0185. The Morgan fingerprint density at radius 1 is 1.43 bits per heavy atom. The maximum absolute atomic E-state index is 12.4. The maximum atomic E-state index is 12.4. The number of nitrogens with zero attached hydrogens (tertiary/aromatic N) is 3. The van der Waals surface area contributed by atoms with Crippen LogP contribution in [-0.2, 0) is 10.2 Å². The lowest BCUT2D eigenvalue weighted by Gasteiger charge is -2.14. The van der Waals surface area contributed by atoms with E-state index in [1.54, 1.807) is 11.6 Å². The molecule has 0 aromatic carbocycles. The molecule has 1 aliphatic rings. The third-order valence-corrected chi connectivity index (χ3v) is 3.89. The summed E-state index contributed by atoms with van der Waals surface area (Å²) in [6.07, 6.45) is 1.59. The third kappa shape index (κ3) is 2.14. The van der Waals surface area contributed by atoms with Crippen LogP contribution >= 0.6 is 0 Å². The summed E-state index contributed by atoms with van der Waals surface area (Å²) in [5.41, 5.74) is 1.06. The summed E-state index contributed by atoms with van der Waals surface area (Å²) in [7, 11) is 1.61. The van der Waals surface area contributed by atoms with Gasteiger partial charge >= 0.3 is 0 Å². The van der Waals surface area contributed by atoms with E-state index in [1.165, 1.54) is 0 Å². The Kier molecular flexibility index (Phi) is 3.11. The van der Waals surface area contributed by atoms with Crippen LogP contribution in [0.1, 0.15) is 38.2 Å². The summed E-state index contributed by atoms with van der Waals surface area (Å²) < 4.78 is 7.08. The Labute approximate surface area is 123 Å². The molecule has 0 spiro atoms. The number of hydrogen-bond donors (Lipinski definition) is 1. The normalized spacial score (nSPS) is 16.2. The standard InChI is InChI=1S/C15H20N4O2/c1-9(2)16-14(20)15(7-8-15)13-17-12-11(21-4)6-5-10(3)19(12)18-13/h5-6,9H,7-8H2,1-4H3,(H,16,20).